The van der Waals surface area contributed by atoms with E-state index in [4.69, 9.17) is 6.42 Å². The number of aromatic nitrogens is 2. The zero-order valence-corrected chi connectivity index (χ0v) is 7.45. The Morgan fingerprint density at radius 2 is 2.62 bits per heavy atom. The second kappa shape index (κ2) is 4.31. The molecule has 1 N–H and O–H groups in total. The molecule has 13 heavy (non-hydrogen) atoms. The maximum Gasteiger partial charge on any atom is 0.269 e. The van der Waals surface area contributed by atoms with Gasteiger partial charge in [-0.05, 0) is 0 Å². The Labute approximate surface area is 77.0 Å². The van der Waals surface area contributed by atoms with Crippen molar-refractivity contribution in [2.75, 3.05) is 6.54 Å². The van der Waals surface area contributed by atoms with E-state index in [1.165, 1.54) is 6.20 Å². The van der Waals surface area contributed by atoms with Gasteiger partial charge in [0.25, 0.3) is 5.91 Å². The van der Waals surface area contributed by atoms with Crippen LogP contribution in [0, 0.1) is 12.3 Å². The van der Waals surface area contributed by atoms with Crippen molar-refractivity contribution in [2.24, 2.45) is 7.05 Å². The lowest BCUT2D eigenvalue weighted by molar-refractivity contribution is 0.0946. The first-order valence-corrected chi connectivity index (χ1v) is 3.93. The third-order valence-electron chi connectivity index (χ3n) is 1.60. The predicted molar refractivity (Wildman–Crippen MR) is 49.0 cm³/mol. The molecule has 1 rings (SSSR count). The van der Waals surface area contributed by atoms with Crippen LogP contribution in [0.25, 0.3) is 0 Å². The smallest absolute Gasteiger partial charge is 0.269 e. The van der Waals surface area contributed by atoms with Crippen molar-refractivity contribution >= 4 is 5.91 Å². The van der Waals surface area contributed by atoms with Crippen LogP contribution in [0.4, 0.5) is 0 Å². The first-order chi connectivity index (χ1) is 6.25. The number of hydrogen-bond donors (Lipinski definition) is 1. The largest absolute Gasteiger partial charge is 0.350 e. The number of nitrogens with one attached hydrogen (secondary N) is 1. The Bertz CT molecular complexity index is 335. The lowest BCUT2D eigenvalue weighted by atomic mass is 10.4. The molecule has 0 aliphatic carbocycles. The molecule has 0 bridgehead atoms. The third-order valence-corrected chi connectivity index (χ3v) is 1.60. The van der Waals surface area contributed by atoms with Crippen molar-refractivity contribution in [3.05, 3.63) is 18.2 Å². The van der Waals surface area contributed by atoms with Gasteiger partial charge in [-0.25, -0.2) is 4.98 Å². The maximum atomic E-state index is 11.4. The second-order valence-electron chi connectivity index (χ2n) is 2.60. The van der Waals surface area contributed by atoms with Crippen LogP contribution in [0.5, 0.6) is 0 Å². The highest BCUT2D eigenvalue weighted by molar-refractivity contribution is 5.92. The Morgan fingerprint density at radius 1 is 1.85 bits per heavy atom. The fourth-order valence-electron chi connectivity index (χ4n) is 0.915. The number of hydrogen-bond acceptors (Lipinski definition) is 2. The number of rotatable bonds is 3. The van der Waals surface area contributed by atoms with E-state index in [0.717, 1.165) is 0 Å². The van der Waals surface area contributed by atoms with E-state index in [1.807, 2.05) is 0 Å². The average Bonchev–Trinajstić information content (AvgIpc) is 2.52. The Kier molecular flexibility index (Phi) is 3.09. The van der Waals surface area contributed by atoms with Gasteiger partial charge in [-0.2, -0.15) is 0 Å². The van der Waals surface area contributed by atoms with Gasteiger partial charge in [-0.3, -0.25) is 4.79 Å². The summed E-state index contributed by atoms with van der Waals surface area (Å²) in [6, 6.07) is 0. The minimum absolute atomic E-state index is 0.143. The molecular formula is C9H11N3O. The fourth-order valence-corrected chi connectivity index (χ4v) is 0.915. The molecule has 1 aromatic heterocycles. The molecule has 0 atom stereocenters. The van der Waals surface area contributed by atoms with Crippen LogP contribution in [-0.2, 0) is 7.05 Å². The Balaban J connectivity index is 2.50. The van der Waals surface area contributed by atoms with Crippen LogP contribution >= 0.6 is 0 Å². The topological polar surface area (TPSA) is 46.9 Å². The van der Waals surface area contributed by atoms with E-state index in [-0.39, 0.29) is 5.91 Å². The van der Waals surface area contributed by atoms with Crippen molar-refractivity contribution in [1.82, 2.24) is 14.9 Å². The molecule has 0 aliphatic rings. The van der Waals surface area contributed by atoms with Gasteiger partial charge < -0.3 is 9.88 Å². The summed E-state index contributed by atoms with van der Waals surface area (Å²) in [5, 5.41) is 2.68. The van der Waals surface area contributed by atoms with Gasteiger partial charge in [0, 0.05) is 20.0 Å². The molecule has 0 fully saturated rings. The molecule has 0 saturated heterocycles. The summed E-state index contributed by atoms with van der Waals surface area (Å²) in [6.45, 7) is 0.501. The van der Waals surface area contributed by atoms with Gasteiger partial charge in [0.2, 0.25) is 0 Å². The molecule has 1 heterocycles. The van der Waals surface area contributed by atoms with Crippen LogP contribution in [-0.4, -0.2) is 22.0 Å². The van der Waals surface area contributed by atoms with Crippen molar-refractivity contribution in [3.63, 3.8) is 0 Å². The van der Waals surface area contributed by atoms with Crippen LogP contribution < -0.4 is 5.32 Å². The van der Waals surface area contributed by atoms with Gasteiger partial charge in [-0.15, -0.1) is 12.3 Å². The van der Waals surface area contributed by atoms with Crippen molar-refractivity contribution in [1.29, 1.82) is 0 Å². The second-order valence-corrected chi connectivity index (χ2v) is 2.60. The molecule has 1 aromatic rings. The number of terminal acetylenes is 1. The highest BCUT2D eigenvalue weighted by Crippen LogP contribution is 1.94. The minimum atomic E-state index is -0.143. The molecule has 0 spiro atoms. The molecular weight excluding hydrogens is 166 g/mol. The fraction of sp³-hybridized carbons (Fsp3) is 0.333. The summed E-state index contributed by atoms with van der Waals surface area (Å²) in [5.41, 5.74) is 0.539. The first-order valence-electron chi connectivity index (χ1n) is 3.93. The molecule has 0 aliphatic heterocycles. The first kappa shape index (κ1) is 9.33. The monoisotopic (exact) mass is 177 g/mol. The van der Waals surface area contributed by atoms with Gasteiger partial charge in [0.05, 0.1) is 12.5 Å². The Hall–Kier alpha value is -1.76. The number of carbonyl (C=O) groups is 1. The third kappa shape index (κ3) is 2.34. The summed E-state index contributed by atoms with van der Waals surface area (Å²) in [7, 11) is 1.77. The van der Waals surface area contributed by atoms with Gasteiger partial charge >= 0.3 is 0 Å². The standard InChI is InChI=1S/C9H11N3O/c1-3-4-5-11-9(13)8-6-10-7-12(8)2/h1,6-7H,4-5H2,2H3,(H,11,13). The van der Waals surface area contributed by atoms with Gasteiger partial charge in [0.1, 0.15) is 5.69 Å². The molecule has 4 heteroatoms. The van der Waals surface area contributed by atoms with Crippen molar-refractivity contribution in [3.8, 4) is 12.3 Å². The quantitative estimate of drug-likeness (QED) is 0.528. The highest BCUT2D eigenvalue weighted by Gasteiger charge is 2.07. The summed E-state index contributed by atoms with van der Waals surface area (Å²) < 4.78 is 1.66. The molecule has 4 nitrogen and oxygen atoms in total. The zero-order valence-electron chi connectivity index (χ0n) is 7.45. The molecule has 1 amide bonds. The number of amides is 1. The van der Waals surface area contributed by atoms with Gasteiger partial charge in [0.15, 0.2) is 0 Å². The summed E-state index contributed by atoms with van der Waals surface area (Å²) in [4.78, 5) is 15.2. The zero-order chi connectivity index (χ0) is 9.68. The summed E-state index contributed by atoms with van der Waals surface area (Å²) >= 11 is 0. The van der Waals surface area contributed by atoms with E-state index in [9.17, 15) is 4.79 Å². The van der Waals surface area contributed by atoms with Crippen LogP contribution in [0.3, 0.4) is 0 Å². The SMILES string of the molecule is C#CCCNC(=O)c1cncn1C. The molecule has 0 aromatic carbocycles. The van der Waals surface area contributed by atoms with E-state index in [0.29, 0.717) is 18.7 Å². The number of aryl methyl sites for hydroxylation is 1. The maximum absolute atomic E-state index is 11.4. The molecule has 0 saturated carbocycles. The molecule has 68 valence electrons. The normalized spacial score (nSPS) is 9.23. The van der Waals surface area contributed by atoms with Crippen molar-refractivity contribution in [2.45, 2.75) is 6.42 Å². The summed E-state index contributed by atoms with van der Waals surface area (Å²) in [6.07, 6.45) is 8.69. The highest BCUT2D eigenvalue weighted by atomic mass is 16.1. The minimum Gasteiger partial charge on any atom is -0.350 e. The van der Waals surface area contributed by atoms with E-state index in [1.54, 1.807) is 17.9 Å². The Morgan fingerprint density at radius 3 is 3.15 bits per heavy atom. The predicted octanol–water partition coefficient (Wildman–Crippen LogP) is 0.173. The number of nitrogens with zero attached hydrogens (tertiary/aromatic N) is 2. The van der Waals surface area contributed by atoms with E-state index >= 15 is 0 Å². The van der Waals surface area contributed by atoms with Crippen LogP contribution in [0.1, 0.15) is 16.9 Å². The van der Waals surface area contributed by atoms with Crippen LogP contribution in [0.2, 0.25) is 0 Å². The van der Waals surface area contributed by atoms with E-state index in [2.05, 4.69) is 16.2 Å². The molecule has 0 radical (unpaired) electrons. The van der Waals surface area contributed by atoms with Crippen molar-refractivity contribution < 1.29 is 4.79 Å². The van der Waals surface area contributed by atoms with E-state index < -0.39 is 0 Å². The average molecular weight is 177 g/mol. The lowest BCUT2D eigenvalue weighted by Gasteiger charge is -2.02. The lowest BCUT2D eigenvalue weighted by Crippen LogP contribution is -2.25. The van der Waals surface area contributed by atoms with Crippen LogP contribution in [0.15, 0.2) is 12.5 Å². The molecule has 0 unspecified atom stereocenters. The number of imidazole rings is 1. The summed E-state index contributed by atoms with van der Waals surface area (Å²) in [5.74, 6) is 2.30. The number of carbonyl (C=O) groups excluding carboxylic acids is 1. The van der Waals surface area contributed by atoms with Gasteiger partial charge in [-0.1, -0.05) is 0 Å².